The molecule has 0 aromatic heterocycles. The molecule has 1 heteroatoms. The van der Waals surface area contributed by atoms with Crippen LogP contribution in [0, 0.1) is 17.8 Å². The van der Waals surface area contributed by atoms with E-state index in [9.17, 15) is 0 Å². The van der Waals surface area contributed by atoms with E-state index in [1.54, 1.807) is 0 Å². The Balaban J connectivity index is 0.000000791. The van der Waals surface area contributed by atoms with Gasteiger partial charge >= 0.3 is 0 Å². The van der Waals surface area contributed by atoms with E-state index in [0.29, 0.717) is 0 Å². The highest BCUT2D eigenvalue weighted by molar-refractivity contribution is 4.75. The molecular formula is C13H29N. The van der Waals surface area contributed by atoms with Crippen LogP contribution in [0.3, 0.4) is 0 Å². The molecule has 0 spiro atoms. The van der Waals surface area contributed by atoms with Gasteiger partial charge in [0.2, 0.25) is 0 Å². The third-order valence-electron chi connectivity index (χ3n) is 3.40. The van der Waals surface area contributed by atoms with E-state index in [2.05, 4.69) is 32.7 Å². The standard InChI is InChI=1S/C11H23N.C2H6/c1-9(2)11-6-8-12(4)7-5-10(11)3;1-2/h9-11H,5-8H2,1-4H3;1-2H3. The summed E-state index contributed by atoms with van der Waals surface area (Å²) in [6, 6.07) is 0. The van der Waals surface area contributed by atoms with Gasteiger partial charge in [-0.3, -0.25) is 0 Å². The maximum atomic E-state index is 2.47. The van der Waals surface area contributed by atoms with Gasteiger partial charge in [-0.1, -0.05) is 34.6 Å². The molecule has 14 heavy (non-hydrogen) atoms. The third kappa shape index (κ3) is 4.45. The summed E-state index contributed by atoms with van der Waals surface area (Å²) >= 11 is 0. The van der Waals surface area contributed by atoms with E-state index in [1.807, 2.05) is 13.8 Å². The molecular weight excluding hydrogens is 170 g/mol. The second-order valence-corrected chi connectivity index (χ2v) is 4.77. The van der Waals surface area contributed by atoms with Crippen molar-refractivity contribution in [3.63, 3.8) is 0 Å². The average molecular weight is 199 g/mol. The fourth-order valence-corrected chi connectivity index (χ4v) is 2.39. The Morgan fingerprint density at radius 1 is 1.07 bits per heavy atom. The predicted molar refractivity (Wildman–Crippen MR) is 65.6 cm³/mol. The van der Waals surface area contributed by atoms with Crippen LogP contribution in [0.1, 0.15) is 47.5 Å². The van der Waals surface area contributed by atoms with Crippen LogP contribution in [0.25, 0.3) is 0 Å². The summed E-state index contributed by atoms with van der Waals surface area (Å²) in [7, 11) is 2.25. The summed E-state index contributed by atoms with van der Waals surface area (Å²) < 4.78 is 0. The van der Waals surface area contributed by atoms with Crippen molar-refractivity contribution in [2.24, 2.45) is 17.8 Å². The molecule has 0 radical (unpaired) electrons. The van der Waals surface area contributed by atoms with Crippen LogP contribution >= 0.6 is 0 Å². The van der Waals surface area contributed by atoms with Crippen molar-refractivity contribution < 1.29 is 0 Å². The van der Waals surface area contributed by atoms with Crippen LogP contribution in [-0.4, -0.2) is 25.0 Å². The van der Waals surface area contributed by atoms with Gasteiger partial charge in [0.15, 0.2) is 0 Å². The van der Waals surface area contributed by atoms with E-state index in [1.165, 1.54) is 25.9 Å². The molecule has 1 aliphatic heterocycles. The third-order valence-corrected chi connectivity index (χ3v) is 3.40. The monoisotopic (exact) mass is 199 g/mol. The molecule has 2 atom stereocenters. The van der Waals surface area contributed by atoms with E-state index >= 15 is 0 Å². The maximum Gasteiger partial charge on any atom is -0.00189 e. The minimum Gasteiger partial charge on any atom is -0.306 e. The van der Waals surface area contributed by atoms with Crippen molar-refractivity contribution in [2.45, 2.75) is 47.5 Å². The van der Waals surface area contributed by atoms with Crippen molar-refractivity contribution in [1.82, 2.24) is 4.90 Å². The van der Waals surface area contributed by atoms with E-state index in [0.717, 1.165) is 17.8 Å². The molecule has 0 aliphatic carbocycles. The van der Waals surface area contributed by atoms with Gasteiger partial charge in [-0.25, -0.2) is 0 Å². The SMILES string of the molecule is CC.CC(C)C1CCN(C)CCC1C. The van der Waals surface area contributed by atoms with E-state index in [4.69, 9.17) is 0 Å². The lowest BCUT2D eigenvalue weighted by Crippen LogP contribution is -2.19. The molecule has 1 nitrogen and oxygen atoms in total. The fourth-order valence-electron chi connectivity index (χ4n) is 2.39. The van der Waals surface area contributed by atoms with Crippen LogP contribution in [0.2, 0.25) is 0 Å². The first kappa shape index (κ1) is 14.0. The molecule has 2 unspecified atom stereocenters. The molecule has 0 aromatic carbocycles. The quantitative estimate of drug-likeness (QED) is 0.623. The molecule has 0 aromatic rings. The molecule has 1 aliphatic rings. The summed E-state index contributed by atoms with van der Waals surface area (Å²) in [5.41, 5.74) is 0. The van der Waals surface area contributed by atoms with Gasteiger partial charge in [0, 0.05) is 0 Å². The smallest absolute Gasteiger partial charge is 0.00189 e. The molecule has 1 saturated heterocycles. The topological polar surface area (TPSA) is 3.24 Å². The molecule has 0 saturated carbocycles. The van der Waals surface area contributed by atoms with Gasteiger partial charge in [0.05, 0.1) is 0 Å². The molecule has 0 N–H and O–H groups in total. The van der Waals surface area contributed by atoms with Crippen LogP contribution in [-0.2, 0) is 0 Å². The lowest BCUT2D eigenvalue weighted by Gasteiger charge is -2.24. The van der Waals surface area contributed by atoms with Gasteiger partial charge in [-0.05, 0) is 50.7 Å². The molecule has 0 bridgehead atoms. The Morgan fingerprint density at radius 3 is 2.07 bits per heavy atom. The maximum absolute atomic E-state index is 2.47. The Hall–Kier alpha value is -0.0400. The molecule has 1 rings (SSSR count). The highest BCUT2D eigenvalue weighted by Gasteiger charge is 2.23. The lowest BCUT2D eigenvalue weighted by molar-refractivity contribution is 0.261. The van der Waals surface area contributed by atoms with Crippen LogP contribution in [0.15, 0.2) is 0 Å². The first-order valence-corrected chi connectivity index (χ1v) is 6.29. The highest BCUT2D eigenvalue weighted by Crippen LogP contribution is 2.29. The molecule has 1 heterocycles. The number of rotatable bonds is 1. The summed E-state index contributed by atoms with van der Waals surface area (Å²) in [6.45, 7) is 13.8. The Kier molecular flexibility index (Phi) is 7.26. The van der Waals surface area contributed by atoms with Gasteiger partial charge in [-0.15, -0.1) is 0 Å². The number of likely N-dealkylation sites (tertiary alicyclic amines) is 1. The second-order valence-electron chi connectivity index (χ2n) is 4.77. The number of hydrogen-bond acceptors (Lipinski definition) is 1. The summed E-state index contributed by atoms with van der Waals surface area (Å²) in [5.74, 6) is 2.75. The summed E-state index contributed by atoms with van der Waals surface area (Å²) in [5, 5.41) is 0. The van der Waals surface area contributed by atoms with Gasteiger partial charge in [-0.2, -0.15) is 0 Å². The van der Waals surface area contributed by atoms with Crippen LogP contribution in [0.4, 0.5) is 0 Å². The largest absolute Gasteiger partial charge is 0.306 e. The fraction of sp³-hybridized carbons (Fsp3) is 1.00. The van der Waals surface area contributed by atoms with Crippen molar-refractivity contribution >= 4 is 0 Å². The predicted octanol–water partition coefficient (Wildman–Crippen LogP) is 3.65. The van der Waals surface area contributed by atoms with Crippen LogP contribution < -0.4 is 0 Å². The van der Waals surface area contributed by atoms with Crippen LogP contribution in [0.5, 0.6) is 0 Å². The Bertz CT molecular complexity index is 131. The van der Waals surface area contributed by atoms with Crippen molar-refractivity contribution in [3.8, 4) is 0 Å². The number of hydrogen-bond donors (Lipinski definition) is 0. The summed E-state index contributed by atoms with van der Waals surface area (Å²) in [4.78, 5) is 2.47. The first-order chi connectivity index (χ1) is 6.61. The lowest BCUT2D eigenvalue weighted by atomic mass is 9.81. The van der Waals surface area contributed by atoms with Gasteiger partial charge in [0.1, 0.15) is 0 Å². The van der Waals surface area contributed by atoms with Crippen molar-refractivity contribution in [2.75, 3.05) is 20.1 Å². The minimum absolute atomic E-state index is 0.867. The summed E-state index contributed by atoms with van der Waals surface area (Å²) in [6.07, 6.45) is 2.79. The van der Waals surface area contributed by atoms with E-state index < -0.39 is 0 Å². The zero-order valence-electron chi connectivity index (χ0n) is 11.0. The van der Waals surface area contributed by atoms with Gasteiger partial charge < -0.3 is 4.90 Å². The first-order valence-electron chi connectivity index (χ1n) is 6.29. The van der Waals surface area contributed by atoms with Crippen molar-refractivity contribution in [3.05, 3.63) is 0 Å². The molecule has 86 valence electrons. The Morgan fingerprint density at radius 2 is 1.57 bits per heavy atom. The zero-order valence-corrected chi connectivity index (χ0v) is 11.0. The van der Waals surface area contributed by atoms with E-state index in [-0.39, 0.29) is 0 Å². The molecule has 1 fully saturated rings. The average Bonchev–Trinajstić information content (AvgIpc) is 2.32. The number of nitrogens with zero attached hydrogens (tertiary/aromatic N) is 1. The van der Waals surface area contributed by atoms with Gasteiger partial charge in [0.25, 0.3) is 0 Å². The zero-order chi connectivity index (χ0) is 11.1. The minimum atomic E-state index is 0.867. The van der Waals surface area contributed by atoms with Crippen molar-refractivity contribution in [1.29, 1.82) is 0 Å². The highest BCUT2D eigenvalue weighted by atomic mass is 15.1. The second kappa shape index (κ2) is 7.28. The molecule has 0 amide bonds. The Labute approximate surface area is 90.9 Å². The normalized spacial score (nSPS) is 29.4.